The average Bonchev–Trinajstić information content (AvgIpc) is 1.29. The van der Waals surface area contributed by atoms with E-state index in [0.29, 0.717) is 0 Å². The van der Waals surface area contributed by atoms with Gasteiger partial charge in [0.15, 0.2) is 0 Å². The second-order valence-corrected chi connectivity index (χ2v) is 44.2. The molecule has 0 radical (unpaired) electrons. The molecule has 0 amide bonds. The third kappa shape index (κ3) is 12.3. The van der Waals surface area contributed by atoms with Crippen LogP contribution >= 0.6 is 45.3 Å². The summed E-state index contributed by atoms with van der Waals surface area (Å²) in [6, 6.07) is 137. The Kier molecular flexibility index (Phi) is 18.8. The van der Waals surface area contributed by atoms with E-state index >= 15 is 0 Å². The van der Waals surface area contributed by atoms with Crippen molar-refractivity contribution in [1.82, 2.24) is 0 Å². The number of hydrogen-bond acceptors (Lipinski definition) is 7. The van der Waals surface area contributed by atoms with E-state index in [1.807, 2.05) is 45.3 Å². The molecular weight excluding hydrogens is 1650 g/mol. The minimum atomic E-state index is -0.0594. The van der Waals surface area contributed by atoms with Gasteiger partial charge in [-0.05, 0) is 256 Å². The smallest absolute Gasteiger partial charge is 0.0476 e. The molecule has 0 saturated heterocycles. The lowest BCUT2D eigenvalue weighted by Gasteiger charge is -2.48. The summed E-state index contributed by atoms with van der Waals surface area (Å²) in [5.74, 6) is 0. The summed E-state index contributed by atoms with van der Waals surface area (Å²) in [6.07, 6.45) is 0. The number of nitrogens with zero attached hydrogens (tertiary/aromatic N) is 3. The van der Waals surface area contributed by atoms with Gasteiger partial charge in [-0.1, -0.05) is 321 Å². The van der Waals surface area contributed by atoms with E-state index in [-0.39, 0.29) is 37.9 Å². The molecule has 0 N–H and O–H groups in total. The summed E-state index contributed by atoms with van der Waals surface area (Å²) < 4.78 is 10.8. The maximum atomic E-state index is 2.52. The van der Waals surface area contributed by atoms with Crippen LogP contribution < -0.4 is 14.7 Å². The molecule has 4 heterocycles. The molecule has 130 heavy (non-hydrogen) atoms. The molecule has 7 heteroatoms. The highest BCUT2D eigenvalue weighted by Crippen LogP contribution is 2.62. The molecule has 4 aliphatic rings. The molecule has 3 nitrogen and oxygen atoms in total. The number of para-hydroxylation sites is 4. The van der Waals surface area contributed by atoms with Gasteiger partial charge in [-0.3, -0.25) is 0 Å². The van der Waals surface area contributed by atoms with Gasteiger partial charge in [0.25, 0.3) is 0 Å². The highest BCUT2D eigenvalue weighted by atomic mass is 32.1. The highest BCUT2D eigenvalue weighted by Gasteiger charge is 2.50. The van der Waals surface area contributed by atoms with Gasteiger partial charge in [-0.2, -0.15) is 0 Å². The normalized spacial score (nSPS) is 15.6. The molecule has 0 aliphatic heterocycles. The van der Waals surface area contributed by atoms with Crippen LogP contribution in [0, 0.1) is 0 Å². The first kappa shape index (κ1) is 81.5. The lowest BCUT2D eigenvalue weighted by atomic mass is 9.55. The van der Waals surface area contributed by atoms with Crippen molar-refractivity contribution >= 4 is 177 Å². The molecule has 21 aromatic rings. The minimum Gasteiger partial charge on any atom is -0.310 e. The maximum Gasteiger partial charge on any atom is 0.0476 e. The van der Waals surface area contributed by atoms with Crippen molar-refractivity contribution in [2.24, 2.45) is 0 Å². The van der Waals surface area contributed by atoms with Gasteiger partial charge in [0, 0.05) is 148 Å². The van der Waals surface area contributed by atoms with E-state index in [1.165, 1.54) is 198 Å². The molecule has 4 aromatic heterocycles. The van der Waals surface area contributed by atoms with Crippen LogP contribution in [0.1, 0.15) is 141 Å². The van der Waals surface area contributed by atoms with E-state index in [0.717, 1.165) is 22.7 Å². The van der Waals surface area contributed by atoms with Gasteiger partial charge in [-0.15, -0.1) is 45.3 Å². The van der Waals surface area contributed by atoms with Gasteiger partial charge < -0.3 is 14.7 Å². The molecular formula is C123H103N3S4. The van der Waals surface area contributed by atoms with Crippen LogP contribution in [0.4, 0.5) is 51.2 Å². The maximum absolute atomic E-state index is 2.52. The fraction of sp³-hybridized carbons (Fsp3) is 0.171. The van der Waals surface area contributed by atoms with Crippen molar-refractivity contribution in [2.75, 3.05) is 14.7 Å². The van der Waals surface area contributed by atoms with Gasteiger partial charge >= 0.3 is 0 Å². The lowest BCUT2D eigenvalue weighted by molar-refractivity contribution is 0.299. The first-order valence-electron chi connectivity index (χ1n) is 45.8. The highest BCUT2D eigenvalue weighted by molar-refractivity contribution is 7.27. The molecule has 0 fully saturated rings. The van der Waals surface area contributed by atoms with E-state index < -0.39 is 0 Å². The van der Waals surface area contributed by atoms with Gasteiger partial charge in [0.05, 0.1) is 0 Å². The zero-order valence-electron chi connectivity index (χ0n) is 76.2. The fourth-order valence-electron chi connectivity index (χ4n) is 22.4. The van der Waals surface area contributed by atoms with Crippen molar-refractivity contribution in [3.05, 3.63) is 415 Å². The molecule has 0 spiro atoms. The van der Waals surface area contributed by atoms with Crippen LogP contribution in [0.5, 0.6) is 0 Å². The zero-order valence-corrected chi connectivity index (χ0v) is 79.5. The minimum absolute atomic E-state index is 0.000786. The van der Waals surface area contributed by atoms with Crippen LogP contribution in [0.3, 0.4) is 0 Å². The van der Waals surface area contributed by atoms with Crippen LogP contribution in [0.2, 0.25) is 0 Å². The monoisotopic (exact) mass is 1750 g/mol. The third-order valence-corrected chi connectivity index (χ3v) is 36.1. The molecule has 0 unspecified atom stereocenters. The summed E-state index contributed by atoms with van der Waals surface area (Å²) >= 11 is 7.67. The van der Waals surface area contributed by atoms with Crippen molar-refractivity contribution in [2.45, 2.75) is 135 Å². The molecule has 0 atom stereocenters. The fourth-order valence-corrected chi connectivity index (χ4v) is 27.2. The summed E-state index contributed by atoms with van der Waals surface area (Å²) in [4.78, 5) is 7.20. The Labute approximate surface area is 779 Å². The van der Waals surface area contributed by atoms with Gasteiger partial charge in [-0.25, -0.2) is 0 Å². The van der Waals surface area contributed by atoms with Crippen LogP contribution in [-0.4, -0.2) is 0 Å². The number of hydrogen-bond donors (Lipinski definition) is 0. The Balaban J connectivity index is 0.000000112. The molecule has 634 valence electrons. The Morgan fingerprint density at radius 2 is 0.500 bits per heavy atom. The largest absolute Gasteiger partial charge is 0.310 e. The second kappa shape index (κ2) is 30.0. The third-order valence-electron chi connectivity index (χ3n) is 31.4. The first-order valence-corrected chi connectivity index (χ1v) is 49.1. The Hall–Kier alpha value is -13.0. The number of thiophene rings is 4. The predicted molar refractivity (Wildman–Crippen MR) is 567 cm³/mol. The van der Waals surface area contributed by atoms with Crippen LogP contribution in [-0.2, 0) is 37.9 Å². The Morgan fingerprint density at radius 3 is 1.07 bits per heavy atom. The van der Waals surface area contributed by atoms with Crippen LogP contribution in [0.25, 0.3) is 125 Å². The SMILES string of the molecule is CC1(C)c2ccccc2-c2c(ccc3c2sc2cc(N(c4ccccc4)c4ccc5sc6ccccc6c5c4)ccc23)C1(C)C.CC1(C)c2ccccc2-c2ccc(N(c3ccccc3)c3ccc4sc5cc6c(cc5c4c3)C(C)(C)C(C)(C)c3ccccc3-6)cc21.CC1(C)c2ccccc2-c2ccc3c(sc4ccc(N(c5ccccc5)c5ccccc5)cc43)c2C1(C)C. The van der Waals surface area contributed by atoms with E-state index in [4.69, 9.17) is 0 Å². The zero-order chi connectivity index (χ0) is 88.9. The van der Waals surface area contributed by atoms with Crippen molar-refractivity contribution in [1.29, 1.82) is 0 Å². The Morgan fingerprint density at radius 1 is 0.169 bits per heavy atom. The van der Waals surface area contributed by atoms with Crippen molar-refractivity contribution in [3.63, 3.8) is 0 Å². The standard InChI is InChI=1S/C45H39NS.C42H33NS2.C36H31NS/c1-43(2)37-18-12-10-16-31(37)33-22-20-30(25-39(33)43)46(28-14-8-7-9-15-28)29-21-23-41-35(24-29)36-26-40-34(27-42(36)47-41)32-17-11-13-19-38(32)44(3,4)45(40,5)6;1-41(2)34-16-10-8-15-32(34)39-35(42(41,3)4)22-21-31-30-20-18-28(25-38(30)45-40(31)39)43(26-12-6-5-7-13-26)27-19-23-37-33(24-27)29-14-9-11-17-36(29)44-37;1-35(2)31-18-12-11-17-27(31)28-20-21-29-30-23-26(19-22-32(30)38-34(29)33(28)36(35,3)4)37(24-13-7-5-8-14-24)25-15-9-6-10-16-25/h7-27H,1-6H3;5-25H,1-4H3;5-23H,1-4H3. The number of benzene rings is 17. The topological polar surface area (TPSA) is 9.72 Å². The van der Waals surface area contributed by atoms with E-state index in [2.05, 4.69) is 482 Å². The molecule has 17 aromatic carbocycles. The summed E-state index contributed by atoms with van der Waals surface area (Å²) in [7, 11) is 0. The quantitative estimate of drug-likeness (QED) is 0.143. The van der Waals surface area contributed by atoms with Crippen LogP contribution in [0.15, 0.2) is 370 Å². The predicted octanol–water partition coefficient (Wildman–Crippen LogP) is 37.0. The van der Waals surface area contributed by atoms with Gasteiger partial charge in [0.1, 0.15) is 0 Å². The summed E-state index contributed by atoms with van der Waals surface area (Å²) in [5.41, 5.74) is 33.0. The summed E-state index contributed by atoms with van der Waals surface area (Å²) in [5, 5.41) is 10.7. The molecule has 0 bridgehead atoms. The molecule has 4 aliphatic carbocycles. The van der Waals surface area contributed by atoms with Crippen molar-refractivity contribution < 1.29 is 0 Å². The Bertz CT molecular complexity index is 8110. The summed E-state index contributed by atoms with van der Waals surface area (Å²) in [6.45, 7) is 33.8. The average molecular weight is 1750 g/mol. The van der Waals surface area contributed by atoms with Gasteiger partial charge in [0.2, 0.25) is 0 Å². The molecule has 25 rings (SSSR count). The van der Waals surface area contributed by atoms with E-state index in [1.54, 1.807) is 0 Å². The molecule has 0 saturated carbocycles. The number of fused-ring (bicyclic) bond motifs is 26. The number of anilines is 9. The van der Waals surface area contributed by atoms with E-state index in [9.17, 15) is 0 Å². The lowest BCUT2D eigenvalue weighted by Crippen LogP contribution is -2.43. The first-order chi connectivity index (χ1) is 62.8. The second-order valence-electron chi connectivity index (χ2n) is 39.9. The number of rotatable bonds is 9. The van der Waals surface area contributed by atoms with Crippen molar-refractivity contribution in [3.8, 4) is 44.5 Å².